The maximum absolute atomic E-state index is 8.46. The molecule has 10 heavy (non-hydrogen) atoms. The minimum atomic E-state index is 0.271. The van der Waals surface area contributed by atoms with E-state index >= 15 is 0 Å². The lowest BCUT2D eigenvalue weighted by Crippen LogP contribution is -1.98. The molecule has 0 unspecified atom stereocenters. The molecule has 0 saturated heterocycles. The van der Waals surface area contributed by atoms with Gasteiger partial charge in [-0.2, -0.15) is 0 Å². The predicted octanol–water partition coefficient (Wildman–Crippen LogP) is 0.578. The number of aliphatic imine (C=N–C) groups is 1. The second-order valence-corrected chi connectivity index (χ2v) is 2.30. The van der Waals surface area contributed by atoms with Crippen LogP contribution in [0.5, 0.6) is 0 Å². The molecule has 0 fully saturated rings. The molecule has 0 aromatic heterocycles. The Morgan fingerprint density at radius 2 is 2.40 bits per heavy atom. The Kier molecular flexibility index (Phi) is 3.22. The van der Waals surface area contributed by atoms with Crippen molar-refractivity contribution in [2.75, 3.05) is 19.8 Å². The van der Waals surface area contributed by atoms with Gasteiger partial charge >= 0.3 is 0 Å². The fraction of sp³-hybridized carbons (Fsp3) is 0.857. The first-order valence-corrected chi connectivity index (χ1v) is 3.70. The zero-order valence-electron chi connectivity index (χ0n) is 6.05. The van der Waals surface area contributed by atoms with E-state index in [-0.39, 0.29) is 6.61 Å². The molecule has 1 heterocycles. The Morgan fingerprint density at radius 1 is 1.50 bits per heavy atom. The van der Waals surface area contributed by atoms with E-state index < -0.39 is 0 Å². The molecule has 0 aromatic carbocycles. The van der Waals surface area contributed by atoms with Crippen LogP contribution in [0.2, 0.25) is 0 Å². The summed E-state index contributed by atoms with van der Waals surface area (Å²) in [5, 5.41) is 8.46. The van der Waals surface area contributed by atoms with Crippen LogP contribution < -0.4 is 0 Å². The van der Waals surface area contributed by atoms with Crippen molar-refractivity contribution in [3.8, 4) is 0 Å². The minimum absolute atomic E-state index is 0.271. The molecule has 0 spiro atoms. The number of rotatable bonds is 4. The molecule has 0 atom stereocenters. The third-order valence-corrected chi connectivity index (χ3v) is 1.45. The average Bonchev–Trinajstić information content (AvgIpc) is 2.41. The van der Waals surface area contributed by atoms with Crippen LogP contribution in [0.1, 0.15) is 19.3 Å². The number of aliphatic hydroxyl groups excluding tert-OH is 1. The lowest BCUT2D eigenvalue weighted by molar-refractivity contribution is 0.282. The SMILES string of the molecule is OCCCCC1=NCCO1. The van der Waals surface area contributed by atoms with Gasteiger partial charge in [0.2, 0.25) is 0 Å². The first kappa shape index (κ1) is 7.54. The highest BCUT2D eigenvalue weighted by atomic mass is 16.5. The highest BCUT2D eigenvalue weighted by Gasteiger charge is 2.05. The molecule has 0 amide bonds. The monoisotopic (exact) mass is 143 g/mol. The molecule has 58 valence electrons. The summed E-state index contributed by atoms with van der Waals surface area (Å²) >= 11 is 0. The van der Waals surface area contributed by atoms with Gasteiger partial charge in [0.1, 0.15) is 6.61 Å². The van der Waals surface area contributed by atoms with Crippen LogP contribution in [0.25, 0.3) is 0 Å². The zero-order chi connectivity index (χ0) is 7.23. The third kappa shape index (κ3) is 2.35. The Labute approximate surface area is 60.7 Å². The molecule has 0 aliphatic carbocycles. The fourth-order valence-electron chi connectivity index (χ4n) is 0.919. The van der Waals surface area contributed by atoms with Gasteiger partial charge in [0.05, 0.1) is 6.54 Å². The summed E-state index contributed by atoms with van der Waals surface area (Å²) in [4.78, 5) is 4.12. The maximum Gasteiger partial charge on any atom is 0.183 e. The van der Waals surface area contributed by atoms with Crippen LogP contribution >= 0.6 is 0 Å². The van der Waals surface area contributed by atoms with Gasteiger partial charge in [0.25, 0.3) is 0 Å². The summed E-state index contributed by atoms with van der Waals surface area (Å²) in [6, 6.07) is 0. The van der Waals surface area contributed by atoms with Gasteiger partial charge < -0.3 is 9.84 Å². The molecular formula is C7H13NO2. The van der Waals surface area contributed by atoms with E-state index in [1.165, 1.54) is 0 Å². The van der Waals surface area contributed by atoms with Crippen molar-refractivity contribution in [2.45, 2.75) is 19.3 Å². The Balaban J connectivity index is 2.01. The number of nitrogens with zero attached hydrogens (tertiary/aromatic N) is 1. The summed E-state index contributed by atoms with van der Waals surface area (Å²) in [6.45, 7) is 1.83. The highest BCUT2D eigenvalue weighted by Crippen LogP contribution is 2.03. The predicted molar refractivity (Wildman–Crippen MR) is 39.2 cm³/mol. The van der Waals surface area contributed by atoms with Crippen LogP contribution in [0.3, 0.4) is 0 Å². The molecule has 0 bridgehead atoms. The maximum atomic E-state index is 8.46. The van der Waals surface area contributed by atoms with E-state index in [1.54, 1.807) is 0 Å². The summed E-state index contributed by atoms with van der Waals surface area (Å²) in [6.07, 6.45) is 2.72. The Morgan fingerprint density at radius 3 is 3.00 bits per heavy atom. The number of ether oxygens (including phenoxy) is 1. The lowest BCUT2D eigenvalue weighted by Gasteiger charge is -1.98. The van der Waals surface area contributed by atoms with Gasteiger partial charge in [-0.25, -0.2) is 0 Å². The highest BCUT2D eigenvalue weighted by molar-refractivity contribution is 5.77. The van der Waals surface area contributed by atoms with Crippen molar-refractivity contribution >= 4 is 5.90 Å². The van der Waals surface area contributed by atoms with Gasteiger partial charge in [0.15, 0.2) is 5.90 Å². The van der Waals surface area contributed by atoms with E-state index in [4.69, 9.17) is 9.84 Å². The molecule has 1 N–H and O–H groups in total. The Hall–Kier alpha value is -0.570. The quantitative estimate of drug-likeness (QED) is 0.585. The van der Waals surface area contributed by atoms with Crippen LogP contribution in [0.4, 0.5) is 0 Å². The van der Waals surface area contributed by atoms with Crippen LogP contribution in [0.15, 0.2) is 4.99 Å². The topological polar surface area (TPSA) is 41.8 Å². The number of hydrogen-bond donors (Lipinski definition) is 1. The molecule has 3 nitrogen and oxygen atoms in total. The number of unbranched alkanes of at least 4 members (excludes halogenated alkanes) is 1. The normalized spacial score (nSPS) is 16.7. The average molecular weight is 143 g/mol. The van der Waals surface area contributed by atoms with Gasteiger partial charge in [0, 0.05) is 13.0 Å². The van der Waals surface area contributed by atoms with Gasteiger partial charge in [-0.05, 0) is 12.8 Å². The summed E-state index contributed by atoms with van der Waals surface area (Å²) in [5.74, 6) is 0.869. The van der Waals surface area contributed by atoms with Crippen LogP contribution in [-0.4, -0.2) is 30.8 Å². The van der Waals surface area contributed by atoms with Crippen LogP contribution in [0, 0.1) is 0 Å². The zero-order valence-corrected chi connectivity index (χ0v) is 6.05. The van der Waals surface area contributed by atoms with E-state index in [0.717, 1.165) is 38.3 Å². The minimum Gasteiger partial charge on any atom is -0.479 e. The fourth-order valence-corrected chi connectivity index (χ4v) is 0.919. The summed E-state index contributed by atoms with van der Waals surface area (Å²) < 4.78 is 5.17. The molecule has 3 heteroatoms. The van der Waals surface area contributed by atoms with Gasteiger partial charge in [-0.15, -0.1) is 0 Å². The third-order valence-electron chi connectivity index (χ3n) is 1.45. The second-order valence-electron chi connectivity index (χ2n) is 2.30. The summed E-state index contributed by atoms with van der Waals surface area (Å²) in [5.41, 5.74) is 0. The van der Waals surface area contributed by atoms with Crippen molar-refractivity contribution in [3.63, 3.8) is 0 Å². The molecule has 0 radical (unpaired) electrons. The molecular weight excluding hydrogens is 130 g/mol. The van der Waals surface area contributed by atoms with Crippen molar-refractivity contribution in [3.05, 3.63) is 0 Å². The van der Waals surface area contributed by atoms with Crippen molar-refractivity contribution < 1.29 is 9.84 Å². The standard InChI is InChI=1S/C7H13NO2/c9-5-2-1-3-7-8-4-6-10-7/h9H,1-6H2. The molecule has 1 rings (SSSR count). The smallest absolute Gasteiger partial charge is 0.183 e. The largest absolute Gasteiger partial charge is 0.479 e. The van der Waals surface area contributed by atoms with E-state index in [2.05, 4.69) is 4.99 Å². The second kappa shape index (κ2) is 4.28. The molecule has 1 aliphatic heterocycles. The van der Waals surface area contributed by atoms with Crippen LogP contribution in [-0.2, 0) is 4.74 Å². The number of aliphatic hydroxyl groups is 1. The first-order valence-electron chi connectivity index (χ1n) is 3.70. The van der Waals surface area contributed by atoms with Crippen molar-refractivity contribution in [1.82, 2.24) is 0 Å². The molecule has 0 aromatic rings. The van der Waals surface area contributed by atoms with Crippen molar-refractivity contribution in [1.29, 1.82) is 0 Å². The summed E-state index contributed by atoms with van der Waals surface area (Å²) in [7, 11) is 0. The van der Waals surface area contributed by atoms with E-state index in [1.807, 2.05) is 0 Å². The van der Waals surface area contributed by atoms with Gasteiger partial charge in [-0.3, -0.25) is 4.99 Å². The van der Waals surface area contributed by atoms with E-state index in [0.29, 0.717) is 0 Å². The molecule has 0 saturated carbocycles. The molecule has 1 aliphatic rings. The number of hydrogen-bond acceptors (Lipinski definition) is 3. The first-order chi connectivity index (χ1) is 4.93. The van der Waals surface area contributed by atoms with E-state index in [9.17, 15) is 0 Å². The Bertz CT molecular complexity index is 123. The van der Waals surface area contributed by atoms with Crippen molar-refractivity contribution in [2.24, 2.45) is 4.99 Å². The lowest BCUT2D eigenvalue weighted by atomic mass is 10.2. The van der Waals surface area contributed by atoms with Gasteiger partial charge in [-0.1, -0.05) is 0 Å².